The predicted molar refractivity (Wildman–Crippen MR) is 113 cm³/mol. The van der Waals surface area contributed by atoms with Gasteiger partial charge in [-0.15, -0.1) is 10.2 Å². The van der Waals surface area contributed by atoms with E-state index in [0.717, 1.165) is 26.6 Å². The molecule has 0 unspecified atom stereocenters. The number of H-pyrrole nitrogens is 1. The van der Waals surface area contributed by atoms with E-state index < -0.39 is 5.25 Å². The lowest BCUT2D eigenvalue weighted by Crippen LogP contribution is -2.22. The molecule has 3 aromatic heterocycles. The maximum absolute atomic E-state index is 12.5. The average Bonchev–Trinajstić information content (AvgIpc) is 3.27. The summed E-state index contributed by atoms with van der Waals surface area (Å²) in [5, 5.41) is 13.0. The van der Waals surface area contributed by atoms with Gasteiger partial charge in [0.15, 0.2) is 10.8 Å². The summed E-state index contributed by atoms with van der Waals surface area (Å²) >= 11 is 2.72. The Hall–Kier alpha value is -3.04. The SMILES string of the molecule is C[C@@H](Sc1nnc2c(n1)[nH]c1ccccc12)C(=O)Nc1nc2ccccc2s1. The number of aromatic amines is 1. The number of nitrogens with one attached hydrogen (secondary N) is 2. The molecule has 0 spiro atoms. The van der Waals surface area contributed by atoms with Crippen LogP contribution in [0.3, 0.4) is 0 Å². The molecule has 0 aliphatic heterocycles. The van der Waals surface area contributed by atoms with Crippen molar-refractivity contribution in [3.8, 4) is 0 Å². The fourth-order valence-corrected chi connectivity index (χ4v) is 4.48. The molecule has 9 heteroatoms. The number of thioether (sulfide) groups is 1. The Morgan fingerprint density at radius 3 is 2.82 bits per heavy atom. The van der Waals surface area contributed by atoms with Crippen molar-refractivity contribution in [2.24, 2.45) is 0 Å². The normalized spacial score (nSPS) is 12.6. The van der Waals surface area contributed by atoms with Crippen molar-refractivity contribution in [2.75, 3.05) is 5.32 Å². The predicted octanol–water partition coefficient (Wildman–Crippen LogP) is 4.24. The Labute approximate surface area is 167 Å². The molecule has 2 N–H and O–H groups in total. The first-order chi connectivity index (χ1) is 13.7. The fourth-order valence-electron chi connectivity index (χ4n) is 2.90. The third-order valence-electron chi connectivity index (χ3n) is 4.28. The molecular weight excluding hydrogens is 392 g/mol. The second kappa shape index (κ2) is 6.84. The first-order valence-corrected chi connectivity index (χ1v) is 10.3. The zero-order valence-electron chi connectivity index (χ0n) is 14.7. The van der Waals surface area contributed by atoms with Crippen molar-refractivity contribution in [3.05, 3.63) is 48.5 Å². The van der Waals surface area contributed by atoms with Crippen LogP contribution in [0.1, 0.15) is 6.92 Å². The summed E-state index contributed by atoms with van der Waals surface area (Å²) in [5.41, 5.74) is 3.23. The number of anilines is 1. The van der Waals surface area contributed by atoms with Crippen molar-refractivity contribution >= 4 is 66.4 Å². The fraction of sp³-hybridized carbons (Fsp3) is 0.105. The van der Waals surface area contributed by atoms with Gasteiger partial charge in [-0.2, -0.15) is 0 Å². The largest absolute Gasteiger partial charge is 0.338 e. The number of nitrogens with zero attached hydrogens (tertiary/aromatic N) is 4. The number of aromatic nitrogens is 5. The number of carbonyl (C=O) groups excluding carboxylic acids is 1. The molecule has 0 fully saturated rings. The molecule has 0 radical (unpaired) electrons. The van der Waals surface area contributed by atoms with Gasteiger partial charge in [-0.05, 0) is 25.1 Å². The lowest BCUT2D eigenvalue weighted by atomic mass is 10.2. The third kappa shape index (κ3) is 3.08. The van der Waals surface area contributed by atoms with Gasteiger partial charge in [0.1, 0.15) is 5.52 Å². The van der Waals surface area contributed by atoms with Crippen LogP contribution >= 0.6 is 23.1 Å². The summed E-state index contributed by atoms with van der Waals surface area (Å²) in [7, 11) is 0. The molecule has 5 rings (SSSR count). The van der Waals surface area contributed by atoms with Crippen molar-refractivity contribution in [3.63, 3.8) is 0 Å². The van der Waals surface area contributed by atoms with Crippen LogP contribution in [0.25, 0.3) is 32.3 Å². The van der Waals surface area contributed by atoms with E-state index in [0.29, 0.717) is 15.9 Å². The van der Waals surface area contributed by atoms with Crippen molar-refractivity contribution in [1.29, 1.82) is 0 Å². The van der Waals surface area contributed by atoms with Crippen molar-refractivity contribution in [2.45, 2.75) is 17.3 Å². The molecule has 7 nitrogen and oxygen atoms in total. The molecule has 0 saturated heterocycles. The summed E-state index contributed by atoms with van der Waals surface area (Å²) in [6.07, 6.45) is 0. The molecule has 1 amide bonds. The molecular formula is C19H14N6OS2. The van der Waals surface area contributed by atoms with Crippen LogP contribution in [-0.4, -0.2) is 36.3 Å². The standard InChI is InChI=1S/C19H14N6OS2/c1-10(17(26)23-18-21-13-8-4-5-9-14(13)28-18)27-19-22-16-15(24-25-19)11-6-2-3-7-12(11)20-16/h2-10H,1H3,(H,20,22,25)(H,21,23,26)/t10-/m1/s1. The highest BCUT2D eigenvalue weighted by atomic mass is 32.2. The maximum atomic E-state index is 12.5. The van der Waals surface area contributed by atoms with E-state index in [1.165, 1.54) is 23.1 Å². The van der Waals surface area contributed by atoms with Gasteiger partial charge >= 0.3 is 0 Å². The molecule has 0 aliphatic rings. The van der Waals surface area contributed by atoms with E-state index in [-0.39, 0.29) is 5.91 Å². The van der Waals surface area contributed by atoms with Crippen LogP contribution < -0.4 is 5.32 Å². The molecule has 2 aromatic carbocycles. The minimum atomic E-state index is -0.393. The van der Waals surface area contributed by atoms with Crippen LogP contribution in [0.15, 0.2) is 53.7 Å². The highest BCUT2D eigenvalue weighted by Gasteiger charge is 2.19. The number of amides is 1. The molecule has 1 atom stereocenters. The van der Waals surface area contributed by atoms with Crippen LogP contribution in [0, 0.1) is 0 Å². The zero-order valence-corrected chi connectivity index (χ0v) is 16.3. The van der Waals surface area contributed by atoms with Gasteiger partial charge in [0, 0.05) is 10.9 Å². The minimum Gasteiger partial charge on any atom is -0.338 e. The molecule has 28 heavy (non-hydrogen) atoms. The number of carbonyl (C=O) groups is 1. The first-order valence-electron chi connectivity index (χ1n) is 8.61. The Kier molecular flexibility index (Phi) is 4.18. The monoisotopic (exact) mass is 406 g/mol. The van der Waals surface area contributed by atoms with Gasteiger partial charge in [-0.1, -0.05) is 53.4 Å². The number of rotatable bonds is 4. The number of fused-ring (bicyclic) bond motifs is 4. The topological polar surface area (TPSA) is 96.5 Å². The summed E-state index contributed by atoms with van der Waals surface area (Å²) in [6, 6.07) is 15.6. The van der Waals surface area contributed by atoms with E-state index in [4.69, 9.17) is 0 Å². The number of hydrogen-bond donors (Lipinski definition) is 2. The Balaban J connectivity index is 1.34. The number of benzene rings is 2. The van der Waals surface area contributed by atoms with Gasteiger partial charge in [0.2, 0.25) is 11.1 Å². The van der Waals surface area contributed by atoms with E-state index in [1.54, 1.807) is 0 Å². The lowest BCUT2D eigenvalue weighted by Gasteiger charge is -2.08. The highest BCUT2D eigenvalue weighted by Crippen LogP contribution is 2.28. The summed E-state index contributed by atoms with van der Waals surface area (Å²) in [4.78, 5) is 24.7. The lowest BCUT2D eigenvalue weighted by molar-refractivity contribution is -0.115. The number of para-hydroxylation sites is 2. The van der Waals surface area contributed by atoms with Gasteiger partial charge in [-0.25, -0.2) is 9.97 Å². The second-order valence-corrected chi connectivity index (χ2v) is 8.54. The minimum absolute atomic E-state index is 0.149. The summed E-state index contributed by atoms with van der Waals surface area (Å²) in [6.45, 7) is 1.81. The Morgan fingerprint density at radius 2 is 1.93 bits per heavy atom. The Morgan fingerprint density at radius 1 is 1.11 bits per heavy atom. The molecule has 0 bridgehead atoms. The van der Waals surface area contributed by atoms with Crippen LogP contribution in [-0.2, 0) is 4.79 Å². The zero-order chi connectivity index (χ0) is 19.1. The molecule has 5 aromatic rings. The summed E-state index contributed by atoms with van der Waals surface area (Å²) in [5.74, 6) is -0.149. The van der Waals surface area contributed by atoms with E-state index in [1.807, 2.05) is 55.5 Å². The van der Waals surface area contributed by atoms with Crippen LogP contribution in [0.5, 0.6) is 0 Å². The van der Waals surface area contributed by atoms with Gasteiger partial charge < -0.3 is 10.3 Å². The smallest absolute Gasteiger partial charge is 0.239 e. The maximum Gasteiger partial charge on any atom is 0.239 e. The molecule has 3 heterocycles. The quantitative estimate of drug-likeness (QED) is 0.434. The average molecular weight is 406 g/mol. The van der Waals surface area contributed by atoms with Gasteiger partial charge in [0.05, 0.1) is 15.5 Å². The second-order valence-electron chi connectivity index (χ2n) is 6.20. The first kappa shape index (κ1) is 17.1. The molecule has 0 aliphatic carbocycles. The van der Waals surface area contributed by atoms with E-state index >= 15 is 0 Å². The summed E-state index contributed by atoms with van der Waals surface area (Å²) < 4.78 is 1.04. The van der Waals surface area contributed by atoms with Gasteiger partial charge in [-0.3, -0.25) is 4.79 Å². The Bertz CT molecular complexity index is 1300. The van der Waals surface area contributed by atoms with Crippen LogP contribution in [0.4, 0.5) is 5.13 Å². The van der Waals surface area contributed by atoms with Gasteiger partial charge in [0.25, 0.3) is 0 Å². The van der Waals surface area contributed by atoms with E-state index in [9.17, 15) is 4.79 Å². The molecule has 138 valence electrons. The highest BCUT2D eigenvalue weighted by molar-refractivity contribution is 8.00. The number of thiazole rings is 1. The third-order valence-corrected chi connectivity index (χ3v) is 6.18. The van der Waals surface area contributed by atoms with Crippen LogP contribution in [0.2, 0.25) is 0 Å². The van der Waals surface area contributed by atoms with Crippen molar-refractivity contribution < 1.29 is 4.79 Å². The van der Waals surface area contributed by atoms with E-state index in [2.05, 4.69) is 30.5 Å². The number of hydrogen-bond acceptors (Lipinski definition) is 7. The molecule has 0 saturated carbocycles. The van der Waals surface area contributed by atoms with Crippen molar-refractivity contribution in [1.82, 2.24) is 25.1 Å².